The summed E-state index contributed by atoms with van der Waals surface area (Å²) in [5.41, 5.74) is 0.523. The second-order valence-electron chi connectivity index (χ2n) is 6.23. The lowest BCUT2D eigenvalue weighted by atomic mass is 10.2. The molecule has 0 aromatic heterocycles. The van der Waals surface area contributed by atoms with E-state index in [1.54, 1.807) is 12.1 Å². The van der Waals surface area contributed by atoms with Crippen molar-refractivity contribution in [2.24, 2.45) is 0 Å². The fourth-order valence-electron chi connectivity index (χ4n) is 2.86. The van der Waals surface area contributed by atoms with E-state index in [4.69, 9.17) is 4.74 Å². The van der Waals surface area contributed by atoms with Gasteiger partial charge in [-0.2, -0.15) is 0 Å². The van der Waals surface area contributed by atoms with E-state index < -0.39 is 0 Å². The van der Waals surface area contributed by atoms with Crippen molar-refractivity contribution < 1.29 is 14.3 Å². The van der Waals surface area contributed by atoms with Crippen molar-refractivity contribution in [1.82, 2.24) is 20.9 Å². The molecule has 1 aliphatic rings. The zero-order chi connectivity index (χ0) is 18.6. The van der Waals surface area contributed by atoms with Crippen molar-refractivity contribution in [3.8, 4) is 5.75 Å². The third kappa shape index (κ3) is 7.01. The largest absolute Gasteiger partial charge is 0.493 e. The van der Waals surface area contributed by atoms with Crippen molar-refractivity contribution >= 4 is 11.8 Å². The molecule has 1 fully saturated rings. The maximum Gasteiger partial charge on any atom is 0.255 e. The highest BCUT2D eigenvalue weighted by Gasteiger charge is 2.12. The minimum absolute atomic E-state index is 0.0316. The van der Waals surface area contributed by atoms with Gasteiger partial charge in [0.15, 0.2) is 0 Å². The van der Waals surface area contributed by atoms with Crippen molar-refractivity contribution in [2.75, 3.05) is 52.4 Å². The first-order chi connectivity index (χ1) is 12.7. The third-order valence-corrected chi connectivity index (χ3v) is 4.26. The van der Waals surface area contributed by atoms with E-state index in [2.05, 4.69) is 20.9 Å². The van der Waals surface area contributed by atoms with Crippen LogP contribution in [0.4, 0.5) is 0 Å². The predicted octanol–water partition coefficient (Wildman–Crippen LogP) is 0.617. The smallest absolute Gasteiger partial charge is 0.255 e. The lowest BCUT2D eigenvalue weighted by Crippen LogP contribution is -2.46. The van der Waals surface area contributed by atoms with Gasteiger partial charge in [-0.1, -0.05) is 12.1 Å². The molecule has 3 N–H and O–H groups in total. The lowest BCUT2D eigenvalue weighted by Gasteiger charge is -2.27. The fourth-order valence-corrected chi connectivity index (χ4v) is 2.86. The Balaban J connectivity index is 1.59. The molecule has 7 heteroatoms. The normalized spacial score (nSPS) is 14.7. The standard InChI is InChI=1S/C19H30N4O3/c1-2-26-17-7-4-3-6-16(17)19(25)22-9-5-8-18(24)21-12-15-23-13-10-20-11-14-23/h3-4,6-7,20H,2,5,8-15H2,1H3,(H,21,24)(H,22,25). The number of nitrogens with zero attached hydrogens (tertiary/aromatic N) is 1. The Kier molecular flexibility index (Phi) is 8.92. The number of ether oxygens (including phenoxy) is 1. The molecule has 0 bridgehead atoms. The highest BCUT2D eigenvalue weighted by Crippen LogP contribution is 2.17. The van der Waals surface area contributed by atoms with Crippen molar-refractivity contribution in [3.05, 3.63) is 29.8 Å². The molecule has 2 rings (SSSR count). The van der Waals surface area contributed by atoms with Gasteiger partial charge in [0.25, 0.3) is 5.91 Å². The zero-order valence-electron chi connectivity index (χ0n) is 15.6. The Morgan fingerprint density at radius 1 is 1.15 bits per heavy atom. The molecule has 1 saturated heterocycles. The molecular weight excluding hydrogens is 332 g/mol. The molecule has 2 amide bonds. The summed E-state index contributed by atoms with van der Waals surface area (Å²) in [5.74, 6) is 0.440. The Morgan fingerprint density at radius 3 is 2.69 bits per heavy atom. The average molecular weight is 362 g/mol. The number of para-hydroxylation sites is 1. The van der Waals surface area contributed by atoms with Gasteiger partial charge in [0.05, 0.1) is 12.2 Å². The van der Waals surface area contributed by atoms with Crippen molar-refractivity contribution in [1.29, 1.82) is 0 Å². The van der Waals surface area contributed by atoms with Crippen LogP contribution in [0.1, 0.15) is 30.1 Å². The van der Waals surface area contributed by atoms with Crippen LogP contribution in [0.5, 0.6) is 5.75 Å². The van der Waals surface area contributed by atoms with E-state index in [1.165, 1.54) is 0 Å². The molecule has 1 aromatic rings. The second kappa shape index (κ2) is 11.5. The molecule has 0 unspecified atom stereocenters. The zero-order valence-corrected chi connectivity index (χ0v) is 15.6. The summed E-state index contributed by atoms with van der Waals surface area (Å²) >= 11 is 0. The molecule has 0 saturated carbocycles. The first-order valence-corrected chi connectivity index (χ1v) is 9.40. The van der Waals surface area contributed by atoms with Crippen molar-refractivity contribution in [2.45, 2.75) is 19.8 Å². The first kappa shape index (κ1) is 20.2. The van der Waals surface area contributed by atoms with Crippen LogP contribution in [-0.2, 0) is 4.79 Å². The topological polar surface area (TPSA) is 82.7 Å². The number of carbonyl (C=O) groups excluding carboxylic acids is 2. The molecule has 0 radical (unpaired) electrons. The summed E-state index contributed by atoms with van der Waals surface area (Å²) < 4.78 is 5.46. The number of hydrogen-bond acceptors (Lipinski definition) is 5. The molecule has 0 aliphatic carbocycles. The summed E-state index contributed by atoms with van der Waals surface area (Å²) in [7, 11) is 0. The van der Waals surface area contributed by atoms with Crippen LogP contribution in [0.25, 0.3) is 0 Å². The Bertz CT molecular complexity index is 574. The van der Waals surface area contributed by atoms with Gasteiger partial charge in [-0.05, 0) is 25.5 Å². The number of rotatable bonds is 10. The Labute approximate surface area is 155 Å². The van der Waals surface area contributed by atoms with Gasteiger partial charge in [0.2, 0.25) is 5.91 Å². The Morgan fingerprint density at radius 2 is 1.92 bits per heavy atom. The van der Waals surface area contributed by atoms with Crippen LogP contribution in [-0.4, -0.2) is 69.1 Å². The van der Waals surface area contributed by atoms with Gasteiger partial charge in [-0.25, -0.2) is 0 Å². The van der Waals surface area contributed by atoms with Crippen LogP contribution >= 0.6 is 0 Å². The Hall–Kier alpha value is -2.12. The van der Waals surface area contributed by atoms with Crippen LogP contribution in [0.3, 0.4) is 0 Å². The van der Waals surface area contributed by atoms with Crippen LogP contribution in [0.15, 0.2) is 24.3 Å². The van der Waals surface area contributed by atoms with Gasteiger partial charge < -0.3 is 20.7 Å². The fraction of sp³-hybridized carbons (Fsp3) is 0.579. The number of amides is 2. The van der Waals surface area contributed by atoms with Gasteiger partial charge in [-0.15, -0.1) is 0 Å². The number of carbonyl (C=O) groups is 2. The minimum Gasteiger partial charge on any atom is -0.493 e. The summed E-state index contributed by atoms with van der Waals surface area (Å²) in [6.07, 6.45) is 1.02. The number of benzene rings is 1. The van der Waals surface area contributed by atoms with Crippen molar-refractivity contribution in [3.63, 3.8) is 0 Å². The van der Waals surface area contributed by atoms with Crippen LogP contribution in [0, 0.1) is 0 Å². The van der Waals surface area contributed by atoms with Gasteiger partial charge >= 0.3 is 0 Å². The first-order valence-electron chi connectivity index (χ1n) is 9.40. The van der Waals surface area contributed by atoms with E-state index in [0.29, 0.717) is 43.9 Å². The molecule has 144 valence electrons. The summed E-state index contributed by atoms with van der Waals surface area (Å²) in [5, 5.41) is 9.10. The number of hydrogen-bond donors (Lipinski definition) is 3. The molecule has 1 aliphatic heterocycles. The maximum atomic E-state index is 12.2. The number of nitrogens with one attached hydrogen (secondary N) is 3. The summed E-state index contributed by atoms with van der Waals surface area (Å²) in [4.78, 5) is 26.4. The SMILES string of the molecule is CCOc1ccccc1C(=O)NCCCC(=O)NCCN1CCNCC1. The minimum atomic E-state index is -0.173. The van der Waals surface area contributed by atoms with Gasteiger partial charge in [-0.3, -0.25) is 14.5 Å². The molecule has 0 spiro atoms. The third-order valence-electron chi connectivity index (χ3n) is 4.26. The lowest BCUT2D eigenvalue weighted by molar-refractivity contribution is -0.121. The second-order valence-corrected chi connectivity index (χ2v) is 6.23. The van der Waals surface area contributed by atoms with E-state index in [1.807, 2.05) is 19.1 Å². The van der Waals surface area contributed by atoms with Gasteiger partial charge in [0, 0.05) is 52.2 Å². The predicted molar refractivity (Wildman–Crippen MR) is 101 cm³/mol. The maximum absolute atomic E-state index is 12.2. The molecule has 1 heterocycles. The highest BCUT2D eigenvalue weighted by molar-refractivity contribution is 5.96. The molecule has 1 aromatic carbocycles. The van der Waals surface area contributed by atoms with Gasteiger partial charge in [0.1, 0.15) is 5.75 Å². The van der Waals surface area contributed by atoms with Crippen LogP contribution < -0.4 is 20.7 Å². The molecular formula is C19H30N4O3. The molecule has 0 atom stereocenters. The molecule has 26 heavy (non-hydrogen) atoms. The highest BCUT2D eigenvalue weighted by atomic mass is 16.5. The monoisotopic (exact) mass is 362 g/mol. The van der Waals surface area contributed by atoms with E-state index in [-0.39, 0.29) is 11.8 Å². The van der Waals surface area contributed by atoms with E-state index >= 15 is 0 Å². The van der Waals surface area contributed by atoms with E-state index in [0.717, 1.165) is 32.7 Å². The quantitative estimate of drug-likeness (QED) is 0.532. The van der Waals surface area contributed by atoms with Crippen LogP contribution in [0.2, 0.25) is 0 Å². The summed E-state index contributed by atoms with van der Waals surface area (Å²) in [6, 6.07) is 7.17. The molecule has 7 nitrogen and oxygen atoms in total. The van der Waals surface area contributed by atoms with E-state index in [9.17, 15) is 9.59 Å². The number of piperazine rings is 1. The average Bonchev–Trinajstić information content (AvgIpc) is 2.66. The summed E-state index contributed by atoms with van der Waals surface area (Å²) in [6.45, 7) is 8.51.